The van der Waals surface area contributed by atoms with Gasteiger partial charge in [-0.05, 0) is 29.3 Å². The molecule has 2 aromatic carbocycles. The molecule has 3 nitrogen and oxygen atoms in total. The van der Waals surface area contributed by atoms with E-state index in [0.717, 1.165) is 5.56 Å². The maximum absolute atomic E-state index is 13.2. The molecule has 1 unspecified atom stereocenters. The molecule has 20 heavy (non-hydrogen) atoms. The van der Waals surface area contributed by atoms with Crippen molar-refractivity contribution in [2.45, 2.75) is 12.6 Å². The molecule has 5 heteroatoms. The summed E-state index contributed by atoms with van der Waals surface area (Å²) in [5.74, 6) is -1.53. The summed E-state index contributed by atoms with van der Waals surface area (Å²) in [5, 5.41) is 12.7. The summed E-state index contributed by atoms with van der Waals surface area (Å²) in [6, 6.07) is 11.7. The second kappa shape index (κ2) is 6.50. The Morgan fingerprint density at radius 1 is 1.25 bits per heavy atom. The lowest BCUT2D eigenvalue weighted by molar-refractivity contribution is -0.139. The van der Waals surface area contributed by atoms with E-state index in [1.54, 1.807) is 24.3 Å². The molecule has 0 fully saturated rings. The monoisotopic (exact) mass is 293 g/mol. The average molecular weight is 294 g/mol. The highest BCUT2D eigenvalue weighted by atomic mass is 35.5. The fourth-order valence-corrected chi connectivity index (χ4v) is 2.09. The number of rotatable bonds is 5. The standard InChI is InChI=1S/C15H13ClFNO2/c16-13-7-2-1-4-11(13)9-18-14(15(19)20)10-5-3-6-12(17)8-10/h1-8,14,18H,9H2,(H,19,20). The minimum Gasteiger partial charge on any atom is -0.480 e. The lowest BCUT2D eigenvalue weighted by Gasteiger charge is -2.15. The van der Waals surface area contributed by atoms with Gasteiger partial charge in [-0.3, -0.25) is 10.1 Å². The molecule has 2 aromatic rings. The number of benzene rings is 2. The van der Waals surface area contributed by atoms with Gasteiger partial charge in [0.15, 0.2) is 0 Å². The molecule has 0 spiro atoms. The van der Waals surface area contributed by atoms with E-state index in [0.29, 0.717) is 10.6 Å². The number of carboxylic acid groups (broad SMARTS) is 1. The van der Waals surface area contributed by atoms with E-state index in [1.807, 2.05) is 6.07 Å². The summed E-state index contributed by atoms with van der Waals surface area (Å²) in [6.45, 7) is 0.285. The lowest BCUT2D eigenvalue weighted by Crippen LogP contribution is -2.28. The Morgan fingerprint density at radius 2 is 2.00 bits per heavy atom. The lowest BCUT2D eigenvalue weighted by atomic mass is 10.1. The number of carboxylic acids is 1. The summed E-state index contributed by atoms with van der Waals surface area (Å²) in [4.78, 5) is 11.3. The Morgan fingerprint density at radius 3 is 2.65 bits per heavy atom. The Bertz CT molecular complexity index is 618. The predicted octanol–water partition coefficient (Wildman–Crippen LogP) is 3.39. The highest BCUT2D eigenvalue weighted by Gasteiger charge is 2.19. The van der Waals surface area contributed by atoms with E-state index in [9.17, 15) is 14.3 Å². The number of hydrogen-bond donors (Lipinski definition) is 2. The maximum Gasteiger partial charge on any atom is 0.325 e. The van der Waals surface area contributed by atoms with Gasteiger partial charge in [0.1, 0.15) is 11.9 Å². The molecule has 104 valence electrons. The Labute approximate surface area is 121 Å². The smallest absolute Gasteiger partial charge is 0.325 e. The largest absolute Gasteiger partial charge is 0.480 e. The fourth-order valence-electron chi connectivity index (χ4n) is 1.89. The van der Waals surface area contributed by atoms with Gasteiger partial charge >= 0.3 is 5.97 Å². The SMILES string of the molecule is O=C(O)C(NCc1ccccc1Cl)c1cccc(F)c1. The molecule has 0 aliphatic carbocycles. The summed E-state index contributed by atoms with van der Waals surface area (Å²) < 4.78 is 13.2. The van der Waals surface area contributed by atoms with Gasteiger partial charge in [-0.2, -0.15) is 0 Å². The third-order valence-corrected chi connectivity index (χ3v) is 3.25. The van der Waals surface area contributed by atoms with Crippen molar-refractivity contribution < 1.29 is 14.3 Å². The van der Waals surface area contributed by atoms with Crippen LogP contribution < -0.4 is 5.32 Å². The van der Waals surface area contributed by atoms with E-state index in [2.05, 4.69) is 5.32 Å². The van der Waals surface area contributed by atoms with Crippen LogP contribution in [0.2, 0.25) is 5.02 Å². The number of nitrogens with one attached hydrogen (secondary N) is 1. The van der Waals surface area contributed by atoms with Gasteiger partial charge in [0.25, 0.3) is 0 Å². The van der Waals surface area contributed by atoms with Crippen molar-refractivity contribution >= 4 is 17.6 Å². The highest BCUT2D eigenvalue weighted by molar-refractivity contribution is 6.31. The molecule has 0 aliphatic rings. The van der Waals surface area contributed by atoms with Gasteiger partial charge in [-0.25, -0.2) is 4.39 Å². The second-order valence-electron chi connectivity index (χ2n) is 4.30. The summed E-state index contributed by atoms with van der Waals surface area (Å²) in [5.41, 5.74) is 1.15. The van der Waals surface area contributed by atoms with E-state index in [4.69, 9.17) is 11.6 Å². The van der Waals surface area contributed by atoms with Crippen LogP contribution >= 0.6 is 11.6 Å². The summed E-state index contributed by atoms with van der Waals surface area (Å²) in [7, 11) is 0. The minimum absolute atomic E-state index is 0.285. The molecule has 0 heterocycles. The number of halogens is 2. The minimum atomic E-state index is -1.07. The van der Waals surface area contributed by atoms with Crippen LogP contribution in [-0.2, 0) is 11.3 Å². The van der Waals surface area contributed by atoms with E-state index < -0.39 is 17.8 Å². The van der Waals surface area contributed by atoms with Crippen molar-refractivity contribution in [2.75, 3.05) is 0 Å². The van der Waals surface area contributed by atoms with Crippen LogP contribution in [0.5, 0.6) is 0 Å². The number of hydrogen-bond acceptors (Lipinski definition) is 2. The Kier molecular flexibility index (Phi) is 4.71. The van der Waals surface area contributed by atoms with Crippen molar-refractivity contribution in [1.82, 2.24) is 5.32 Å². The molecule has 2 rings (SSSR count). The Balaban J connectivity index is 2.15. The molecule has 0 bridgehead atoms. The van der Waals surface area contributed by atoms with Crippen molar-refractivity contribution in [2.24, 2.45) is 0 Å². The predicted molar refractivity (Wildman–Crippen MR) is 75.1 cm³/mol. The van der Waals surface area contributed by atoms with Crippen LogP contribution in [0.3, 0.4) is 0 Å². The summed E-state index contributed by atoms with van der Waals surface area (Å²) in [6.07, 6.45) is 0. The van der Waals surface area contributed by atoms with Crippen molar-refractivity contribution in [3.8, 4) is 0 Å². The average Bonchev–Trinajstić information content (AvgIpc) is 2.41. The van der Waals surface area contributed by atoms with Gasteiger partial charge < -0.3 is 5.11 Å². The maximum atomic E-state index is 13.2. The first-order valence-corrected chi connectivity index (χ1v) is 6.41. The van der Waals surface area contributed by atoms with Gasteiger partial charge in [0.2, 0.25) is 0 Å². The van der Waals surface area contributed by atoms with Crippen molar-refractivity contribution in [3.05, 3.63) is 70.5 Å². The van der Waals surface area contributed by atoms with Crippen LogP contribution in [0.1, 0.15) is 17.2 Å². The first-order chi connectivity index (χ1) is 9.58. The topological polar surface area (TPSA) is 49.3 Å². The van der Waals surface area contributed by atoms with Crippen LogP contribution in [-0.4, -0.2) is 11.1 Å². The first kappa shape index (κ1) is 14.5. The first-order valence-electron chi connectivity index (χ1n) is 6.03. The highest BCUT2D eigenvalue weighted by Crippen LogP contribution is 2.18. The van der Waals surface area contributed by atoms with Crippen LogP contribution in [0.4, 0.5) is 4.39 Å². The van der Waals surface area contributed by atoms with Gasteiger partial charge in [0, 0.05) is 11.6 Å². The molecule has 0 saturated heterocycles. The molecule has 1 atom stereocenters. The van der Waals surface area contributed by atoms with Crippen molar-refractivity contribution in [3.63, 3.8) is 0 Å². The molecule has 0 saturated carbocycles. The molecule has 0 aromatic heterocycles. The van der Waals surface area contributed by atoms with Gasteiger partial charge in [0.05, 0.1) is 0 Å². The normalized spacial score (nSPS) is 12.1. The number of aliphatic carboxylic acids is 1. The quantitative estimate of drug-likeness (QED) is 0.888. The molecule has 0 radical (unpaired) electrons. The molecule has 0 aliphatic heterocycles. The van der Waals surface area contributed by atoms with E-state index in [1.165, 1.54) is 18.2 Å². The zero-order valence-electron chi connectivity index (χ0n) is 10.5. The molecular weight excluding hydrogens is 281 g/mol. The summed E-state index contributed by atoms with van der Waals surface area (Å²) >= 11 is 6.01. The number of carbonyl (C=O) groups is 1. The van der Waals surface area contributed by atoms with E-state index in [-0.39, 0.29) is 6.54 Å². The fraction of sp³-hybridized carbons (Fsp3) is 0.133. The van der Waals surface area contributed by atoms with Crippen LogP contribution in [0.25, 0.3) is 0 Å². The third-order valence-electron chi connectivity index (χ3n) is 2.88. The second-order valence-corrected chi connectivity index (χ2v) is 4.71. The van der Waals surface area contributed by atoms with E-state index >= 15 is 0 Å². The van der Waals surface area contributed by atoms with Gasteiger partial charge in [-0.15, -0.1) is 0 Å². The molecule has 2 N–H and O–H groups in total. The molecular formula is C15H13ClFNO2. The molecule has 0 amide bonds. The third kappa shape index (κ3) is 3.56. The van der Waals surface area contributed by atoms with Crippen molar-refractivity contribution in [1.29, 1.82) is 0 Å². The Hall–Kier alpha value is -1.91. The van der Waals surface area contributed by atoms with Crippen LogP contribution in [0, 0.1) is 5.82 Å². The zero-order valence-corrected chi connectivity index (χ0v) is 11.3. The van der Waals surface area contributed by atoms with Crippen LogP contribution in [0.15, 0.2) is 48.5 Å². The zero-order chi connectivity index (χ0) is 14.5. The van der Waals surface area contributed by atoms with Gasteiger partial charge in [-0.1, -0.05) is 41.9 Å².